The number of morpholine rings is 1. The van der Waals surface area contributed by atoms with Crippen molar-refractivity contribution in [2.75, 3.05) is 18.4 Å². The summed E-state index contributed by atoms with van der Waals surface area (Å²) in [4.78, 5) is 21.3. The number of nitrogens with one attached hydrogen (secondary N) is 1. The van der Waals surface area contributed by atoms with E-state index in [1.165, 1.54) is 17.1 Å². The summed E-state index contributed by atoms with van der Waals surface area (Å²) in [6.45, 7) is 4.84. The Morgan fingerprint density at radius 2 is 2.04 bits per heavy atom. The van der Waals surface area contributed by atoms with Crippen molar-refractivity contribution in [3.8, 4) is 0 Å². The Hall–Kier alpha value is -2.69. The minimum Gasteiger partial charge on any atom is -0.372 e. The summed E-state index contributed by atoms with van der Waals surface area (Å²) in [5, 5.41) is 6.71. The molecule has 2 aromatic heterocycles. The summed E-state index contributed by atoms with van der Waals surface area (Å²) in [6.07, 6.45) is -0.706. The lowest BCUT2D eigenvalue weighted by molar-refractivity contribution is -0.144. The molecule has 3 rings (SSSR count). The van der Waals surface area contributed by atoms with Crippen molar-refractivity contribution in [3.63, 3.8) is 0 Å². The first-order chi connectivity index (χ1) is 12.7. The zero-order valence-corrected chi connectivity index (χ0v) is 14.8. The molecule has 0 saturated carbocycles. The summed E-state index contributed by atoms with van der Waals surface area (Å²) in [7, 11) is 0. The number of nitrogens with zero attached hydrogens (tertiary/aromatic N) is 5. The average molecular weight is 384 g/mol. The lowest BCUT2D eigenvalue weighted by Gasteiger charge is -2.35. The molecular weight excluding hydrogens is 365 g/mol. The minimum absolute atomic E-state index is 0.0184. The van der Waals surface area contributed by atoms with Gasteiger partial charge in [0.05, 0.1) is 24.1 Å². The summed E-state index contributed by atoms with van der Waals surface area (Å²) >= 11 is 0. The molecule has 2 unspecified atom stereocenters. The molecule has 1 aliphatic rings. The molecular formula is C16H19F3N6O2. The molecule has 0 bridgehead atoms. The van der Waals surface area contributed by atoms with Gasteiger partial charge < -0.3 is 15.0 Å². The number of anilines is 2. The highest BCUT2D eigenvalue weighted by atomic mass is 19.4. The molecule has 0 radical (unpaired) electrons. The summed E-state index contributed by atoms with van der Waals surface area (Å²) in [6, 6.07) is 0.789. The van der Waals surface area contributed by atoms with E-state index in [1.54, 1.807) is 4.90 Å². The van der Waals surface area contributed by atoms with Gasteiger partial charge in [-0.3, -0.25) is 9.48 Å². The summed E-state index contributed by atoms with van der Waals surface area (Å²) in [5.41, 5.74) is -0.663. The second-order valence-electron chi connectivity index (χ2n) is 6.37. The molecule has 8 nitrogen and oxygen atoms in total. The number of aromatic nitrogens is 4. The van der Waals surface area contributed by atoms with Gasteiger partial charge in [0.25, 0.3) is 0 Å². The molecule has 0 aromatic carbocycles. The maximum absolute atomic E-state index is 12.7. The van der Waals surface area contributed by atoms with Crippen LogP contribution >= 0.6 is 0 Å². The molecule has 1 aliphatic heterocycles. The highest BCUT2D eigenvalue weighted by Crippen LogP contribution is 2.28. The lowest BCUT2D eigenvalue weighted by atomic mass is 10.2. The van der Waals surface area contributed by atoms with Crippen LogP contribution in [0.2, 0.25) is 0 Å². The highest BCUT2D eigenvalue weighted by molar-refractivity contribution is 5.76. The first-order valence-electron chi connectivity index (χ1n) is 8.33. The van der Waals surface area contributed by atoms with Gasteiger partial charge in [-0.15, -0.1) is 0 Å². The summed E-state index contributed by atoms with van der Waals surface area (Å²) in [5.74, 6) is -0.312. The van der Waals surface area contributed by atoms with Crippen molar-refractivity contribution >= 4 is 17.5 Å². The van der Waals surface area contributed by atoms with Gasteiger partial charge in [-0.2, -0.15) is 18.3 Å². The fourth-order valence-electron chi connectivity index (χ4n) is 2.84. The average Bonchev–Trinajstić information content (AvgIpc) is 3.00. The zero-order chi connectivity index (χ0) is 19.6. The van der Waals surface area contributed by atoms with E-state index in [0.717, 1.165) is 12.3 Å². The number of hydrogen-bond acceptors (Lipinski definition) is 6. The monoisotopic (exact) mass is 384 g/mol. The fraction of sp³-hybridized carbons (Fsp3) is 0.500. The van der Waals surface area contributed by atoms with Crippen LogP contribution in [0.3, 0.4) is 0 Å². The zero-order valence-electron chi connectivity index (χ0n) is 14.8. The number of rotatable bonds is 4. The Labute approximate surface area is 153 Å². The Kier molecular flexibility index (Phi) is 5.31. The third-order valence-corrected chi connectivity index (χ3v) is 3.90. The predicted octanol–water partition coefficient (Wildman–Crippen LogP) is 2.07. The fourth-order valence-corrected chi connectivity index (χ4v) is 2.84. The molecule has 11 heteroatoms. The molecule has 1 fully saturated rings. The Morgan fingerprint density at radius 1 is 1.33 bits per heavy atom. The number of halogens is 3. The topological polar surface area (TPSA) is 85.2 Å². The first-order valence-corrected chi connectivity index (χ1v) is 8.33. The van der Waals surface area contributed by atoms with Gasteiger partial charge in [-0.25, -0.2) is 9.97 Å². The first kappa shape index (κ1) is 19.1. The number of hydrogen-bond donors (Lipinski definition) is 1. The van der Waals surface area contributed by atoms with E-state index in [2.05, 4.69) is 20.4 Å². The van der Waals surface area contributed by atoms with Crippen LogP contribution in [0, 0.1) is 0 Å². The number of carbonyl (C=O) groups excluding carboxylic acids is 1. The second kappa shape index (κ2) is 7.51. The third kappa shape index (κ3) is 4.94. The largest absolute Gasteiger partial charge is 0.433 e. The Balaban J connectivity index is 1.63. The van der Waals surface area contributed by atoms with E-state index >= 15 is 0 Å². The smallest absolute Gasteiger partial charge is 0.372 e. The van der Waals surface area contributed by atoms with Gasteiger partial charge in [0.15, 0.2) is 0 Å². The van der Waals surface area contributed by atoms with E-state index < -0.39 is 11.9 Å². The van der Waals surface area contributed by atoms with E-state index in [4.69, 9.17) is 4.74 Å². The van der Waals surface area contributed by atoms with Gasteiger partial charge in [0, 0.05) is 25.5 Å². The SMILES string of the molecule is CC1CN(C(=O)Cn2cc(Nc3nccc(C(F)(F)F)n3)cn2)CC(C)O1. The van der Waals surface area contributed by atoms with Crippen molar-refractivity contribution in [2.45, 2.75) is 38.8 Å². The second-order valence-corrected chi connectivity index (χ2v) is 6.37. The van der Waals surface area contributed by atoms with Crippen LogP contribution in [0.4, 0.5) is 24.8 Å². The van der Waals surface area contributed by atoms with Crippen LogP contribution in [0.1, 0.15) is 19.5 Å². The van der Waals surface area contributed by atoms with Crippen molar-refractivity contribution in [2.24, 2.45) is 0 Å². The molecule has 2 atom stereocenters. The molecule has 3 heterocycles. The normalized spacial score (nSPS) is 20.6. The van der Waals surface area contributed by atoms with Crippen LogP contribution in [0.5, 0.6) is 0 Å². The van der Waals surface area contributed by atoms with Crippen LogP contribution < -0.4 is 5.32 Å². The van der Waals surface area contributed by atoms with Gasteiger partial charge in [0.1, 0.15) is 12.2 Å². The molecule has 146 valence electrons. The summed E-state index contributed by atoms with van der Waals surface area (Å²) < 4.78 is 45.1. The van der Waals surface area contributed by atoms with E-state index in [0.29, 0.717) is 18.8 Å². The van der Waals surface area contributed by atoms with Gasteiger partial charge in [-0.1, -0.05) is 0 Å². The standard InChI is InChI=1S/C16H19F3N6O2/c1-10-6-24(7-11(2)27-10)14(26)9-25-8-12(5-21-25)22-15-20-4-3-13(23-15)16(17,18)19/h3-5,8,10-11H,6-7,9H2,1-2H3,(H,20,22,23). The minimum atomic E-state index is -4.55. The number of amides is 1. The maximum atomic E-state index is 12.7. The van der Waals surface area contributed by atoms with Crippen LogP contribution in [-0.2, 0) is 22.3 Å². The molecule has 2 aromatic rings. The number of ether oxygens (including phenoxy) is 1. The lowest BCUT2D eigenvalue weighted by Crippen LogP contribution is -2.49. The van der Waals surface area contributed by atoms with E-state index in [-0.39, 0.29) is 30.6 Å². The van der Waals surface area contributed by atoms with Gasteiger partial charge >= 0.3 is 6.18 Å². The van der Waals surface area contributed by atoms with Crippen molar-refractivity contribution in [3.05, 3.63) is 30.4 Å². The van der Waals surface area contributed by atoms with Crippen molar-refractivity contribution in [1.29, 1.82) is 0 Å². The Bertz CT molecular complexity index is 799. The number of carbonyl (C=O) groups is 1. The maximum Gasteiger partial charge on any atom is 0.433 e. The molecule has 1 N–H and O–H groups in total. The molecule has 0 aliphatic carbocycles. The van der Waals surface area contributed by atoms with E-state index in [1.807, 2.05) is 13.8 Å². The van der Waals surface area contributed by atoms with Gasteiger partial charge in [-0.05, 0) is 19.9 Å². The molecule has 0 spiro atoms. The van der Waals surface area contributed by atoms with E-state index in [9.17, 15) is 18.0 Å². The Morgan fingerprint density at radius 3 is 2.70 bits per heavy atom. The van der Waals surface area contributed by atoms with Crippen molar-refractivity contribution < 1.29 is 22.7 Å². The number of alkyl halides is 3. The van der Waals surface area contributed by atoms with Gasteiger partial charge in [0.2, 0.25) is 11.9 Å². The molecule has 1 saturated heterocycles. The van der Waals surface area contributed by atoms with Crippen molar-refractivity contribution in [1.82, 2.24) is 24.6 Å². The van der Waals surface area contributed by atoms with Crippen LogP contribution in [0.25, 0.3) is 0 Å². The quantitative estimate of drug-likeness (QED) is 0.869. The van der Waals surface area contributed by atoms with Crippen LogP contribution in [-0.4, -0.2) is 55.9 Å². The predicted molar refractivity (Wildman–Crippen MR) is 89.1 cm³/mol. The van der Waals surface area contributed by atoms with Crippen LogP contribution in [0.15, 0.2) is 24.7 Å². The highest BCUT2D eigenvalue weighted by Gasteiger charge is 2.32. The molecule has 1 amide bonds. The third-order valence-electron chi connectivity index (χ3n) is 3.90. The molecule has 27 heavy (non-hydrogen) atoms.